The van der Waals surface area contributed by atoms with E-state index in [0.29, 0.717) is 16.9 Å². The minimum absolute atomic E-state index is 0.0107. The van der Waals surface area contributed by atoms with Crippen LogP contribution in [0.4, 0.5) is 0 Å². The Bertz CT molecular complexity index is 142. The van der Waals surface area contributed by atoms with Gasteiger partial charge in [-0.3, -0.25) is 4.79 Å². The molecule has 0 aromatic rings. The van der Waals surface area contributed by atoms with Crippen molar-refractivity contribution in [2.24, 2.45) is 5.92 Å². The normalized spacial score (nSPS) is 10.8. The van der Waals surface area contributed by atoms with Gasteiger partial charge in [-0.05, 0) is 18.8 Å². The number of hydrogen-bond donors (Lipinski definition) is 0. The van der Waals surface area contributed by atoms with Gasteiger partial charge < -0.3 is 4.43 Å². The lowest BCUT2D eigenvalue weighted by Gasteiger charge is -2.14. The molecule has 0 aromatic carbocycles. The molecule has 0 atom stereocenters. The summed E-state index contributed by atoms with van der Waals surface area (Å²) in [5.74, 6) is 0.815. The Balaban J connectivity index is 3.54. The van der Waals surface area contributed by atoms with E-state index in [-0.39, 0.29) is 5.97 Å². The van der Waals surface area contributed by atoms with Crippen molar-refractivity contribution in [3.05, 3.63) is 0 Å². The van der Waals surface area contributed by atoms with Crippen molar-refractivity contribution in [3.8, 4) is 0 Å². The topological polar surface area (TPSA) is 26.3 Å². The number of rotatable bonds is 8. The lowest BCUT2D eigenvalue weighted by molar-refractivity contribution is -0.134. The largest absolute Gasteiger partial charge is 0.529 e. The van der Waals surface area contributed by atoms with E-state index in [0.717, 1.165) is 12.3 Å². The second kappa shape index (κ2) is 9.25. The van der Waals surface area contributed by atoms with Crippen LogP contribution < -0.4 is 0 Å². The summed E-state index contributed by atoms with van der Waals surface area (Å²) in [5.41, 5.74) is 0. The zero-order valence-electron chi connectivity index (χ0n) is 9.84. The predicted octanol–water partition coefficient (Wildman–Crippen LogP) is 2.20. The van der Waals surface area contributed by atoms with E-state index in [1.165, 1.54) is 32.1 Å². The molecular weight excluding hydrogens is 192 g/mol. The zero-order valence-corrected chi connectivity index (χ0v) is 11.8. The number of hydrogen-bond acceptors (Lipinski definition) is 2. The molecule has 0 bridgehead atoms. The lowest BCUT2D eigenvalue weighted by atomic mass is 9.93. The van der Waals surface area contributed by atoms with Gasteiger partial charge in [0.25, 0.3) is 5.97 Å². The molecule has 0 aliphatic heterocycles. The van der Waals surface area contributed by atoms with Gasteiger partial charge in [0.1, 0.15) is 0 Å². The van der Waals surface area contributed by atoms with Crippen LogP contribution in [0.5, 0.6) is 0 Å². The van der Waals surface area contributed by atoms with E-state index >= 15 is 0 Å². The van der Waals surface area contributed by atoms with Crippen molar-refractivity contribution in [1.29, 1.82) is 0 Å². The molecular formula is C11H24O2Si. The average molecular weight is 216 g/mol. The Kier molecular flexibility index (Phi) is 9.04. The smallest absolute Gasteiger partial charge is 0.291 e. The Morgan fingerprint density at radius 1 is 1.21 bits per heavy atom. The van der Waals surface area contributed by atoms with E-state index in [9.17, 15) is 4.79 Å². The standard InChI is InChI=1S/C11H24O2Si/c1-3-6-10(7-4-2)8-5-9-11(12)13-14/h10H,3-9H2,1-2,14H3. The second-order valence-electron chi connectivity index (χ2n) is 3.91. The van der Waals surface area contributed by atoms with E-state index < -0.39 is 0 Å². The maximum absolute atomic E-state index is 10.9. The first-order chi connectivity index (χ1) is 6.74. The number of carbonyl (C=O) groups excluding carboxylic acids is 1. The van der Waals surface area contributed by atoms with Crippen LogP contribution >= 0.6 is 0 Å². The summed E-state index contributed by atoms with van der Waals surface area (Å²) in [6, 6.07) is 0. The van der Waals surface area contributed by atoms with Gasteiger partial charge in [0.05, 0.1) is 0 Å². The highest BCUT2D eigenvalue weighted by Gasteiger charge is 2.07. The molecule has 0 fully saturated rings. The van der Waals surface area contributed by atoms with Gasteiger partial charge in [-0.25, -0.2) is 0 Å². The fraction of sp³-hybridized carbons (Fsp3) is 0.909. The summed E-state index contributed by atoms with van der Waals surface area (Å²) in [6.07, 6.45) is 7.95. The summed E-state index contributed by atoms with van der Waals surface area (Å²) in [7, 11) is 0.539. The summed E-state index contributed by atoms with van der Waals surface area (Å²) in [5, 5.41) is 0. The molecule has 0 aliphatic carbocycles. The molecule has 0 spiro atoms. The van der Waals surface area contributed by atoms with Crippen molar-refractivity contribution in [2.45, 2.75) is 58.8 Å². The van der Waals surface area contributed by atoms with Crippen LogP contribution in [0.2, 0.25) is 0 Å². The van der Waals surface area contributed by atoms with Crippen molar-refractivity contribution < 1.29 is 9.22 Å². The van der Waals surface area contributed by atoms with Crippen LogP contribution in [0.3, 0.4) is 0 Å². The molecule has 0 radical (unpaired) electrons. The first-order valence-corrected chi connectivity index (χ1v) is 6.63. The fourth-order valence-corrected chi connectivity index (χ4v) is 2.09. The van der Waals surface area contributed by atoms with Crippen molar-refractivity contribution >= 4 is 16.5 Å². The molecule has 3 heteroatoms. The number of carbonyl (C=O) groups is 1. The zero-order chi connectivity index (χ0) is 10.8. The molecule has 0 rings (SSSR count). The van der Waals surface area contributed by atoms with Gasteiger partial charge in [-0.2, -0.15) is 0 Å². The summed E-state index contributed by atoms with van der Waals surface area (Å²) in [6.45, 7) is 4.46. The molecule has 0 unspecified atom stereocenters. The Morgan fingerprint density at radius 3 is 2.21 bits per heavy atom. The maximum atomic E-state index is 10.9. The highest BCUT2D eigenvalue weighted by Crippen LogP contribution is 2.20. The van der Waals surface area contributed by atoms with Crippen molar-refractivity contribution in [3.63, 3.8) is 0 Å². The molecule has 0 saturated heterocycles. The molecule has 0 saturated carbocycles. The first-order valence-electron chi connectivity index (χ1n) is 5.81. The molecule has 0 aliphatic rings. The quantitative estimate of drug-likeness (QED) is 0.581. The predicted molar refractivity (Wildman–Crippen MR) is 63.2 cm³/mol. The molecule has 0 aromatic heterocycles. The monoisotopic (exact) mass is 216 g/mol. The van der Waals surface area contributed by atoms with E-state index in [1.54, 1.807) is 0 Å². The van der Waals surface area contributed by atoms with Crippen molar-refractivity contribution in [2.75, 3.05) is 0 Å². The van der Waals surface area contributed by atoms with Gasteiger partial charge in [0.2, 0.25) is 10.5 Å². The van der Waals surface area contributed by atoms with E-state index in [2.05, 4.69) is 13.8 Å². The summed E-state index contributed by atoms with van der Waals surface area (Å²) < 4.78 is 4.75. The second-order valence-corrected chi connectivity index (χ2v) is 4.32. The highest BCUT2D eigenvalue weighted by molar-refractivity contribution is 6.05. The van der Waals surface area contributed by atoms with Gasteiger partial charge in [0.15, 0.2) is 0 Å². The van der Waals surface area contributed by atoms with Crippen LogP contribution in [-0.4, -0.2) is 16.5 Å². The van der Waals surface area contributed by atoms with Crippen LogP contribution in [0, 0.1) is 5.92 Å². The molecule has 0 amide bonds. The van der Waals surface area contributed by atoms with Gasteiger partial charge in [0, 0.05) is 6.42 Å². The third-order valence-corrected chi connectivity index (χ3v) is 3.07. The third kappa shape index (κ3) is 7.13. The third-order valence-electron chi connectivity index (χ3n) is 2.61. The van der Waals surface area contributed by atoms with Crippen LogP contribution in [0.25, 0.3) is 0 Å². The average Bonchev–Trinajstić information content (AvgIpc) is 2.18. The summed E-state index contributed by atoms with van der Waals surface area (Å²) in [4.78, 5) is 10.9. The Morgan fingerprint density at radius 2 is 1.79 bits per heavy atom. The Hall–Kier alpha value is -0.313. The van der Waals surface area contributed by atoms with Crippen molar-refractivity contribution in [1.82, 2.24) is 0 Å². The molecule has 0 heterocycles. The van der Waals surface area contributed by atoms with E-state index in [1.807, 2.05) is 0 Å². The van der Waals surface area contributed by atoms with Crippen LogP contribution in [0.1, 0.15) is 58.8 Å². The lowest BCUT2D eigenvalue weighted by Crippen LogP contribution is -2.04. The van der Waals surface area contributed by atoms with Gasteiger partial charge in [-0.15, -0.1) is 0 Å². The van der Waals surface area contributed by atoms with Crippen LogP contribution in [-0.2, 0) is 9.22 Å². The molecule has 2 nitrogen and oxygen atoms in total. The highest BCUT2D eigenvalue weighted by atomic mass is 28.2. The first kappa shape index (κ1) is 13.7. The van der Waals surface area contributed by atoms with E-state index in [4.69, 9.17) is 4.43 Å². The minimum atomic E-state index is -0.0107. The Labute approximate surface area is 91.0 Å². The molecule has 84 valence electrons. The molecule has 0 N–H and O–H groups in total. The van der Waals surface area contributed by atoms with Crippen LogP contribution in [0.15, 0.2) is 0 Å². The fourth-order valence-electron chi connectivity index (χ4n) is 1.89. The molecule has 14 heavy (non-hydrogen) atoms. The van der Waals surface area contributed by atoms with Gasteiger partial charge in [-0.1, -0.05) is 39.5 Å². The van der Waals surface area contributed by atoms with Gasteiger partial charge >= 0.3 is 0 Å². The minimum Gasteiger partial charge on any atom is -0.529 e. The summed E-state index contributed by atoms with van der Waals surface area (Å²) >= 11 is 0. The maximum Gasteiger partial charge on any atom is 0.291 e. The SMILES string of the molecule is CCCC(CCC)CCCC(=O)O[SiH3].